The van der Waals surface area contributed by atoms with E-state index in [1.165, 1.54) is 6.33 Å². The second-order valence-corrected chi connectivity index (χ2v) is 6.02. The van der Waals surface area contributed by atoms with E-state index < -0.39 is 0 Å². The number of nitrogens with zero attached hydrogens (tertiary/aromatic N) is 3. The lowest BCUT2D eigenvalue weighted by Gasteiger charge is -2.07. The first-order chi connectivity index (χ1) is 11.2. The molecule has 0 bridgehead atoms. The molecule has 0 spiro atoms. The summed E-state index contributed by atoms with van der Waals surface area (Å²) in [5, 5.41) is 7.00. The van der Waals surface area contributed by atoms with Gasteiger partial charge in [-0.15, -0.1) is 0 Å². The van der Waals surface area contributed by atoms with Crippen LogP contribution < -0.4 is 5.32 Å². The first-order valence-corrected chi connectivity index (χ1v) is 7.94. The summed E-state index contributed by atoms with van der Waals surface area (Å²) >= 11 is 3.37. The van der Waals surface area contributed by atoms with E-state index in [1.807, 2.05) is 36.4 Å². The Balaban J connectivity index is 1.57. The standard InChI is InChI=1S/C17H15BrN4O/c18-16-3-1-2-15(8-16)17(23)20-9-13-4-6-14(7-5-13)10-22-12-19-11-21-22/h1-8,11-12H,9-10H2,(H,20,23). The Morgan fingerprint density at radius 1 is 1.13 bits per heavy atom. The summed E-state index contributed by atoms with van der Waals surface area (Å²) in [7, 11) is 0. The van der Waals surface area contributed by atoms with Crippen LogP contribution in [0.25, 0.3) is 0 Å². The van der Waals surface area contributed by atoms with Crippen molar-refractivity contribution >= 4 is 21.8 Å². The van der Waals surface area contributed by atoms with Crippen LogP contribution in [0.15, 0.2) is 65.7 Å². The predicted molar refractivity (Wildman–Crippen MR) is 90.9 cm³/mol. The molecule has 0 aliphatic carbocycles. The number of nitrogens with one attached hydrogen (secondary N) is 1. The zero-order valence-electron chi connectivity index (χ0n) is 12.3. The molecule has 2 aromatic carbocycles. The molecule has 1 aromatic heterocycles. The van der Waals surface area contributed by atoms with Gasteiger partial charge < -0.3 is 5.32 Å². The number of halogens is 1. The molecule has 0 atom stereocenters. The molecule has 1 heterocycles. The Bertz CT molecular complexity index is 785. The van der Waals surface area contributed by atoms with E-state index in [9.17, 15) is 4.79 Å². The van der Waals surface area contributed by atoms with E-state index >= 15 is 0 Å². The summed E-state index contributed by atoms with van der Waals surface area (Å²) in [6, 6.07) is 15.4. The van der Waals surface area contributed by atoms with Crippen molar-refractivity contribution in [3.63, 3.8) is 0 Å². The number of hydrogen-bond acceptors (Lipinski definition) is 3. The molecule has 0 aliphatic heterocycles. The highest BCUT2D eigenvalue weighted by Crippen LogP contribution is 2.12. The highest BCUT2D eigenvalue weighted by molar-refractivity contribution is 9.10. The van der Waals surface area contributed by atoms with Crippen LogP contribution in [0, 0.1) is 0 Å². The van der Waals surface area contributed by atoms with Crippen molar-refractivity contribution in [2.45, 2.75) is 13.1 Å². The molecule has 6 heteroatoms. The van der Waals surface area contributed by atoms with Gasteiger partial charge in [-0.3, -0.25) is 4.79 Å². The van der Waals surface area contributed by atoms with E-state index in [4.69, 9.17) is 0 Å². The zero-order chi connectivity index (χ0) is 16.1. The third-order valence-corrected chi connectivity index (χ3v) is 3.87. The molecule has 116 valence electrons. The molecule has 0 aliphatic rings. The fraction of sp³-hybridized carbons (Fsp3) is 0.118. The number of benzene rings is 2. The SMILES string of the molecule is O=C(NCc1ccc(Cn2cncn2)cc1)c1cccc(Br)c1. The third-order valence-electron chi connectivity index (χ3n) is 3.37. The molecular weight excluding hydrogens is 356 g/mol. The first-order valence-electron chi connectivity index (χ1n) is 7.15. The van der Waals surface area contributed by atoms with Crippen LogP contribution in [0.5, 0.6) is 0 Å². The van der Waals surface area contributed by atoms with E-state index in [2.05, 4.69) is 31.3 Å². The topological polar surface area (TPSA) is 59.8 Å². The highest BCUT2D eigenvalue weighted by atomic mass is 79.9. The van der Waals surface area contributed by atoms with Gasteiger partial charge in [0.2, 0.25) is 0 Å². The molecule has 3 aromatic rings. The van der Waals surface area contributed by atoms with Gasteiger partial charge in [-0.1, -0.05) is 46.3 Å². The van der Waals surface area contributed by atoms with Crippen molar-refractivity contribution in [2.24, 2.45) is 0 Å². The van der Waals surface area contributed by atoms with Crippen LogP contribution in [-0.2, 0) is 13.1 Å². The Kier molecular flexibility index (Phi) is 4.83. The van der Waals surface area contributed by atoms with Gasteiger partial charge in [0.25, 0.3) is 5.91 Å². The lowest BCUT2D eigenvalue weighted by atomic mass is 10.1. The van der Waals surface area contributed by atoms with Crippen LogP contribution in [-0.4, -0.2) is 20.7 Å². The fourth-order valence-electron chi connectivity index (χ4n) is 2.18. The van der Waals surface area contributed by atoms with Crippen LogP contribution in [0.4, 0.5) is 0 Å². The van der Waals surface area contributed by atoms with Gasteiger partial charge in [0, 0.05) is 16.6 Å². The Hall–Kier alpha value is -2.47. The van der Waals surface area contributed by atoms with Gasteiger partial charge in [-0.2, -0.15) is 5.10 Å². The number of amides is 1. The van der Waals surface area contributed by atoms with Gasteiger partial charge in [-0.25, -0.2) is 9.67 Å². The number of carbonyl (C=O) groups is 1. The van der Waals surface area contributed by atoms with Gasteiger partial charge in [-0.05, 0) is 29.3 Å². The lowest BCUT2D eigenvalue weighted by molar-refractivity contribution is 0.0951. The van der Waals surface area contributed by atoms with Gasteiger partial charge in [0.15, 0.2) is 0 Å². The summed E-state index contributed by atoms with van der Waals surface area (Å²) in [4.78, 5) is 16.0. The molecule has 0 fully saturated rings. The normalized spacial score (nSPS) is 10.5. The predicted octanol–water partition coefficient (Wildman–Crippen LogP) is 3.02. The van der Waals surface area contributed by atoms with Crippen LogP contribution >= 0.6 is 15.9 Å². The summed E-state index contributed by atoms with van der Waals surface area (Å²) in [5.41, 5.74) is 2.83. The second kappa shape index (κ2) is 7.19. The number of hydrogen-bond donors (Lipinski definition) is 1. The lowest BCUT2D eigenvalue weighted by Crippen LogP contribution is -2.22. The minimum atomic E-state index is -0.0852. The first kappa shape index (κ1) is 15.4. The molecule has 5 nitrogen and oxygen atoms in total. The maximum Gasteiger partial charge on any atom is 0.251 e. The maximum absolute atomic E-state index is 12.1. The van der Waals surface area contributed by atoms with Crippen molar-refractivity contribution in [3.05, 3.63) is 82.3 Å². The van der Waals surface area contributed by atoms with Gasteiger partial charge in [0.05, 0.1) is 6.54 Å². The van der Waals surface area contributed by atoms with Crippen LogP contribution in [0.1, 0.15) is 21.5 Å². The number of rotatable bonds is 5. The molecule has 0 radical (unpaired) electrons. The minimum absolute atomic E-state index is 0.0852. The molecule has 23 heavy (non-hydrogen) atoms. The second-order valence-electron chi connectivity index (χ2n) is 5.10. The zero-order valence-corrected chi connectivity index (χ0v) is 13.9. The van der Waals surface area contributed by atoms with E-state index in [0.29, 0.717) is 18.7 Å². The monoisotopic (exact) mass is 370 g/mol. The van der Waals surface area contributed by atoms with Crippen molar-refractivity contribution in [1.82, 2.24) is 20.1 Å². The molecule has 3 rings (SSSR count). The number of carbonyl (C=O) groups excluding carboxylic acids is 1. The largest absolute Gasteiger partial charge is 0.348 e. The quantitative estimate of drug-likeness (QED) is 0.750. The summed E-state index contributed by atoms with van der Waals surface area (Å²) in [5.74, 6) is -0.0852. The molecule has 1 amide bonds. The third kappa shape index (κ3) is 4.26. The van der Waals surface area contributed by atoms with E-state index in [-0.39, 0.29) is 5.91 Å². The molecule has 0 unspecified atom stereocenters. The van der Waals surface area contributed by atoms with E-state index in [0.717, 1.165) is 15.6 Å². The van der Waals surface area contributed by atoms with Crippen LogP contribution in [0.3, 0.4) is 0 Å². The Morgan fingerprint density at radius 3 is 2.61 bits per heavy atom. The van der Waals surface area contributed by atoms with Crippen molar-refractivity contribution in [1.29, 1.82) is 0 Å². The smallest absolute Gasteiger partial charge is 0.251 e. The van der Waals surface area contributed by atoms with Crippen LogP contribution in [0.2, 0.25) is 0 Å². The summed E-state index contributed by atoms with van der Waals surface area (Å²) < 4.78 is 2.66. The van der Waals surface area contributed by atoms with Gasteiger partial charge >= 0.3 is 0 Å². The fourth-order valence-corrected chi connectivity index (χ4v) is 2.58. The average Bonchev–Trinajstić information content (AvgIpc) is 3.07. The molecule has 0 saturated heterocycles. The number of aromatic nitrogens is 3. The molecular formula is C17H15BrN4O. The molecule has 0 saturated carbocycles. The van der Waals surface area contributed by atoms with Gasteiger partial charge in [0.1, 0.15) is 12.7 Å². The average molecular weight is 371 g/mol. The van der Waals surface area contributed by atoms with Crippen molar-refractivity contribution in [3.8, 4) is 0 Å². The van der Waals surface area contributed by atoms with Crippen molar-refractivity contribution in [2.75, 3.05) is 0 Å². The Morgan fingerprint density at radius 2 is 1.91 bits per heavy atom. The van der Waals surface area contributed by atoms with Crippen molar-refractivity contribution < 1.29 is 4.79 Å². The highest BCUT2D eigenvalue weighted by Gasteiger charge is 2.05. The Labute approximate surface area is 142 Å². The maximum atomic E-state index is 12.1. The molecule has 1 N–H and O–H groups in total. The summed E-state index contributed by atoms with van der Waals surface area (Å²) in [6.07, 6.45) is 3.21. The summed E-state index contributed by atoms with van der Waals surface area (Å²) in [6.45, 7) is 1.18. The minimum Gasteiger partial charge on any atom is -0.348 e. The van der Waals surface area contributed by atoms with E-state index in [1.54, 1.807) is 23.1 Å².